The lowest BCUT2D eigenvalue weighted by molar-refractivity contribution is -0.119. The topological polar surface area (TPSA) is 93.2 Å². The number of thioether (sulfide) groups is 1. The van der Waals surface area contributed by atoms with Crippen LogP contribution >= 0.6 is 11.8 Å². The standard InChI is InChI=1S/C12H8F2O.C11H14N4O2S/c13-9-6-10(14)8-12(7-9)15-11-4-2-1-3-5-11;16-9-7-18-5-2-8(15-9)6-14-11(17)10-12-3-1-4-13-10/h1-8H;1,3-4,8H,2,5-7H2,(H,14,17)(H,15,16). The maximum atomic E-state index is 12.8. The molecule has 1 unspecified atom stereocenters. The van der Waals surface area contributed by atoms with Crippen molar-refractivity contribution in [2.24, 2.45) is 0 Å². The molecule has 0 aliphatic carbocycles. The molecule has 2 amide bonds. The van der Waals surface area contributed by atoms with Crippen molar-refractivity contribution in [3.05, 3.63) is 84.4 Å². The van der Waals surface area contributed by atoms with Crippen LogP contribution in [0.4, 0.5) is 8.78 Å². The highest BCUT2D eigenvalue weighted by molar-refractivity contribution is 7.99. The molecule has 1 aliphatic rings. The summed E-state index contributed by atoms with van der Waals surface area (Å²) in [5.74, 6) is 0.650. The predicted octanol–water partition coefficient (Wildman–Crippen LogP) is 3.59. The van der Waals surface area contributed by atoms with Crippen LogP contribution in [0, 0.1) is 11.6 Å². The molecule has 7 nitrogen and oxygen atoms in total. The SMILES string of the molecule is Fc1cc(F)cc(Oc2ccccc2)c1.O=C1CSCCC(CNC(=O)c2ncccn2)N1. The van der Waals surface area contributed by atoms with Gasteiger partial charge in [0.25, 0.3) is 5.91 Å². The van der Waals surface area contributed by atoms with Crippen molar-refractivity contribution in [1.82, 2.24) is 20.6 Å². The monoisotopic (exact) mass is 472 g/mol. The summed E-state index contributed by atoms with van der Waals surface area (Å²) in [6, 6.07) is 13.5. The molecule has 1 fully saturated rings. The molecule has 0 spiro atoms. The number of amides is 2. The lowest BCUT2D eigenvalue weighted by Gasteiger charge is -2.15. The van der Waals surface area contributed by atoms with Gasteiger partial charge in [-0.15, -0.1) is 0 Å². The number of hydrogen-bond donors (Lipinski definition) is 2. The number of hydrogen-bond acceptors (Lipinski definition) is 6. The highest BCUT2D eigenvalue weighted by Crippen LogP contribution is 2.22. The number of para-hydroxylation sites is 1. The largest absolute Gasteiger partial charge is 0.457 e. The Balaban J connectivity index is 0.000000189. The van der Waals surface area contributed by atoms with Crippen LogP contribution in [0.15, 0.2) is 67.0 Å². The van der Waals surface area contributed by atoms with Crippen molar-refractivity contribution in [3.63, 3.8) is 0 Å². The Labute approximate surface area is 194 Å². The van der Waals surface area contributed by atoms with Gasteiger partial charge in [-0.2, -0.15) is 11.8 Å². The van der Waals surface area contributed by atoms with Crippen LogP contribution in [-0.4, -0.2) is 45.9 Å². The van der Waals surface area contributed by atoms with E-state index in [1.165, 1.54) is 12.4 Å². The van der Waals surface area contributed by atoms with Crippen molar-refractivity contribution < 1.29 is 23.1 Å². The molecule has 0 saturated carbocycles. The second-order valence-electron chi connectivity index (χ2n) is 6.91. The van der Waals surface area contributed by atoms with Crippen molar-refractivity contribution in [3.8, 4) is 11.5 Å². The van der Waals surface area contributed by atoms with E-state index in [0.717, 1.165) is 30.4 Å². The van der Waals surface area contributed by atoms with Crippen LogP contribution in [0.2, 0.25) is 0 Å². The molecular weight excluding hydrogens is 450 g/mol. The van der Waals surface area contributed by atoms with Crippen LogP contribution in [0.3, 0.4) is 0 Å². The number of halogens is 2. The zero-order valence-corrected chi connectivity index (χ0v) is 18.4. The van der Waals surface area contributed by atoms with Gasteiger partial charge in [0.15, 0.2) is 0 Å². The summed E-state index contributed by atoms with van der Waals surface area (Å²) in [7, 11) is 0. The highest BCUT2D eigenvalue weighted by atomic mass is 32.2. The van der Waals surface area contributed by atoms with E-state index in [9.17, 15) is 18.4 Å². The van der Waals surface area contributed by atoms with Crippen LogP contribution in [0.5, 0.6) is 11.5 Å². The predicted molar refractivity (Wildman–Crippen MR) is 121 cm³/mol. The molecule has 1 atom stereocenters. The Hall–Kier alpha value is -3.53. The van der Waals surface area contributed by atoms with Gasteiger partial charge in [-0.1, -0.05) is 18.2 Å². The van der Waals surface area contributed by atoms with E-state index in [2.05, 4.69) is 20.6 Å². The molecule has 2 N–H and O–H groups in total. The number of ether oxygens (including phenoxy) is 1. The van der Waals surface area contributed by atoms with Gasteiger partial charge < -0.3 is 15.4 Å². The van der Waals surface area contributed by atoms with E-state index in [0.29, 0.717) is 18.0 Å². The molecule has 3 aromatic rings. The van der Waals surface area contributed by atoms with E-state index in [-0.39, 0.29) is 29.4 Å². The normalized spacial score (nSPS) is 15.3. The summed E-state index contributed by atoms with van der Waals surface area (Å²) in [5.41, 5.74) is 0. The second-order valence-corrected chi connectivity index (χ2v) is 8.01. The minimum absolute atomic E-state index is 0.0137. The maximum Gasteiger partial charge on any atom is 0.289 e. The average molecular weight is 473 g/mol. The van der Waals surface area contributed by atoms with Gasteiger partial charge in [-0.3, -0.25) is 9.59 Å². The van der Waals surface area contributed by atoms with E-state index in [4.69, 9.17) is 4.74 Å². The minimum Gasteiger partial charge on any atom is -0.457 e. The van der Waals surface area contributed by atoms with Crippen molar-refractivity contribution in [1.29, 1.82) is 0 Å². The number of benzene rings is 2. The maximum absolute atomic E-state index is 12.8. The van der Waals surface area contributed by atoms with Crippen molar-refractivity contribution in [2.45, 2.75) is 12.5 Å². The summed E-state index contributed by atoms with van der Waals surface area (Å²) in [4.78, 5) is 30.8. The van der Waals surface area contributed by atoms with Gasteiger partial charge >= 0.3 is 0 Å². The summed E-state index contributed by atoms with van der Waals surface area (Å²) < 4.78 is 30.9. The molecular formula is C23H22F2N4O3S. The molecule has 10 heteroatoms. The van der Waals surface area contributed by atoms with Crippen LogP contribution in [-0.2, 0) is 4.79 Å². The Kier molecular flexibility index (Phi) is 9.13. The van der Waals surface area contributed by atoms with E-state index < -0.39 is 11.6 Å². The fourth-order valence-corrected chi connectivity index (χ4v) is 3.67. The number of nitrogens with one attached hydrogen (secondary N) is 2. The second kappa shape index (κ2) is 12.5. The zero-order valence-electron chi connectivity index (χ0n) is 17.5. The van der Waals surface area contributed by atoms with Gasteiger partial charge in [0, 0.05) is 43.2 Å². The van der Waals surface area contributed by atoms with Gasteiger partial charge in [-0.05, 0) is 30.4 Å². The summed E-state index contributed by atoms with van der Waals surface area (Å²) in [5, 5.41) is 5.60. The first kappa shape index (κ1) is 24.1. The van der Waals surface area contributed by atoms with E-state index >= 15 is 0 Å². The quantitative estimate of drug-likeness (QED) is 0.590. The molecule has 2 aromatic carbocycles. The van der Waals surface area contributed by atoms with Gasteiger partial charge in [-0.25, -0.2) is 18.7 Å². The van der Waals surface area contributed by atoms with E-state index in [1.807, 2.05) is 6.07 Å². The molecule has 4 rings (SSSR count). The van der Waals surface area contributed by atoms with Crippen molar-refractivity contribution in [2.75, 3.05) is 18.1 Å². The van der Waals surface area contributed by atoms with Gasteiger partial charge in [0.1, 0.15) is 23.1 Å². The molecule has 33 heavy (non-hydrogen) atoms. The number of rotatable bonds is 5. The third-order valence-electron chi connectivity index (χ3n) is 4.30. The summed E-state index contributed by atoms with van der Waals surface area (Å²) >= 11 is 1.61. The first-order chi connectivity index (χ1) is 16.0. The lowest BCUT2D eigenvalue weighted by atomic mass is 10.2. The first-order valence-electron chi connectivity index (χ1n) is 10.1. The Morgan fingerprint density at radius 1 is 1.06 bits per heavy atom. The number of carbonyl (C=O) groups is 2. The number of carbonyl (C=O) groups excluding carboxylic acids is 2. The highest BCUT2D eigenvalue weighted by Gasteiger charge is 2.18. The van der Waals surface area contributed by atoms with Gasteiger partial charge in [0.05, 0.1) is 5.75 Å². The lowest BCUT2D eigenvalue weighted by Crippen LogP contribution is -2.43. The summed E-state index contributed by atoms with van der Waals surface area (Å²) in [6.07, 6.45) is 3.89. The Morgan fingerprint density at radius 2 is 1.76 bits per heavy atom. The molecule has 2 heterocycles. The number of aromatic nitrogens is 2. The minimum atomic E-state index is -0.652. The molecule has 1 aliphatic heterocycles. The van der Waals surface area contributed by atoms with Gasteiger partial charge in [0.2, 0.25) is 11.7 Å². The third kappa shape index (κ3) is 8.49. The average Bonchev–Trinajstić information content (AvgIpc) is 3.02. The van der Waals surface area contributed by atoms with E-state index in [1.54, 1.807) is 42.1 Å². The summed E-state index contributed by atoms with van der Waals surface area (Å²) in [6.45, 7) is 0.406. The van der Waals surface area contributed by atoms with Crippen molar-refractivity contribution >= 4 is 23.6 Å². The fourth-order valence-electron chi connectivity index (χ4n) is 2.81. The first-order valence-corrected chi connectivity index (χ1v) is 11.3. The number of nitrogens with zero attached hydrogens (tertiary/aromatic N) is 2. The molecule has 0 radical (unpaired) electrons. The smallest absolute Gasteiger partial charge is 0.289 e. The molecule has 1 saturated heterocycles. The third-order valence-corrected chi connectivity index (χ3v) is 5.29. The Morgan fingerprint density at radius 3 is 2.45 bits per heavy atom. The Bertz CT molecular complexity index is 1040. The van der Waals surface area contributed by atoms with Crippen LogP contribution in [0.1, 0.15) is 17.0 Å². The zero-order chi connectivity index (χ0) is 23.5. The molecule has 1 aromatic heterocycles. The van der Waals surface area contributed by atoms with Crippen LogP contribution < -0.4 is 15.4 Å². The molecule has 0 bridgehead atoms. The van der Waals surface area contributed by atoms with Crippen LogP contribution in [0.25, 0.3) is 0 Å². The fraction of sp³-hybridized carbons (Fsp3) is 0.217. The molecule has 172 valence electrons.